The Morgan fingerprint density at radius 1 is 1.12 bits per heavy atom. The Morgan fingerprint density at radius 2 is 1.56 bits per heavy atom. The number of nitrogens with two attached hydrogens (primary N) is 1. The van der Waals surface area contributed by atoms with Crippen LogP contribution in [0.1, 0.15) is 17.2 Å². The Labute approximate surface area is 93.2 Å². The fourth-order valence-corrected chi connectivity index (χ4v) is 1.52. The van der Waals surface area contributed by atoms with E-state index in [2.05, 4.69) is 0 Å². The van der Waals surface area contributed by atoms with Crippen LogP contribution in [-0.4, -0.2) is 20.6 Å². The summed E-state index contributed by atoms with van der Waals surface area (Å²) in [6, 6.07) is 1.89. The van der Waals surface area contributed by atoms with Crippen LogP contribution in [0.15, 0.2) is 12.1 Å². The summed E-state index contributed by atoms with van der Waals surface area (Å²) in [7, 11) is 2.83. The minimum absolute atomic E-state index is 0.200. The van der Waals surface area contributed by atoms with E-state index in [1.165, 1.54) is 14.2 Å². The molecule has 0 aromatic heterocycles. The fraction of sp³-hybridized carbons (Fsp3) is 0.455. The molecule has 0 radical (unpaired) electrons. The third kappa shape index (κ3) is 2.41. The second kappa shape index (κ2) is 5.12. The maximum atomic E-state index is 12.6. The van der Waals surface area contributed by atoms with Gasteiger partial charge >= 0.3 is 0 Å². The summed E-state index contributed by atoms with van der Waals surface area (Å²) < 4.78 is 35.3. The normalized spacial score (nSPS) is 12.7. The van der Waals surface area contributed by atoms with E-state index >= 15 is 0 Å². The molecule has 2 N–H and O–H groups in total. The van der Waals surface area contributed by atoms with Gasteiger partial charge in [0.1, 0.15) is 11.5 Å². The first-order valence-electron chi connectivity index (χ1n) is 4.77. The van der Waals surface area contributed by atoms with E-state index in [0.717, 1.165) is 5.56 Å². The third-order valence-electron chi connectivity index (χ3n) is 2.29. The lowest BCUT2D eigenvalue weighted by atomic mass is 10.0. The lowest BCUT2D eigenvalue weighted by molar-refractivity contribution is 0.113. The Hall–Kier alpha value is -1.36. The van der Waals surface area contributed by atoms with Crippen molar-refractivity contribution in [3.63, 3.8) is 0 Å². The molecule has 90 valence electrons. The van der Waals surface area contributed by atoms with E-state index in [0.29, 0.717) is 11.5 Å². The van der Waals surface area contributed by atoms with Gasteiger partial charge in [0.25, 0.3) is 6.43 Å². The van der Waals surface area contributed by atoms with E-state index in [9.17, 15) is 8.78 Å². The molecule has 0 saturated carbocycles. The van der Waals surface area contributed by atoms with Crippen LogP contribution in [0, 0.1) is 6.92 Å². The highest BCUT2D eigenvalue weighted by Crippen LogP contribution is 2.36. The van der Waals surface area contributed by atoms with E-state index in [4.69, 9.17) is 15.2 Å². The number of aryl methyl sites for hydroxylation is 1. The van der Waals surface area contributed by atoms with Gasteiger partial charge in [0.15, 0.2) is 0 Å². The number of hydrogen-bond donors (Lipinski definition) is 1. The topological polar surface area (TPSA) is 44.5 Å². The second-order valence-corrected chi connectivity index (χ2v) is 3.44. The molecule has 1 aromatic carbocycles. The molecule has 0 spiro atoms. The summed E-state index contributed by atoms with van der Waals surface area (Å²) in [5.41, 5.74) is 6.49. The summed E-state index contributed by atoms with van der Waals surface area (Å²) in [5, 5.41) is 0. The summed E-state index contributed by atoms with van der Waals surface area (Å²) in [6.07, 6.45) is -2.66. The quantitative estimate of drug-likeness (QED) is 0.864. The van der Waals surface area contributed by atoms with Crippen molar-refractivity contribution in [2.45, 2.75) is 19.4 Å². The summed E-state index contributed by atoms with van der Waals surface area (Å²) >= 11 is 0. The summed E-state index contributed by atoms with van der Waals surface area (Å²) in [6.45, 7) is 1.82. The van der Waals surface area contributed by atoms with Gasteiger partial charge in [0.05, 0.1) is 25.8 Å². The standard InChI is InChI=1S/C11H15F2NO2/c1-6-4-7(15-2)9(8(5-6)16-3)10(14)11(12)13/h4-5,10-11H,14H2,1-3H3/t10-/m0/s1. The first-order chi connectivity index (χ1) is 7.51. The Bertz CT molecular complexity index is 344. The number of halogens is 2. The van der Waals surface area contributed by atoms with Crippen molar-refractivity contribution in [3.05, 3.63) is 23.3 Å². The van der Waals surface area contributed by atoms with E-state index in [-0.39, 0.29) is 5.56 Å². The molecule has 0 bridgehead atoms. The Morgan fingerprint density at radius 3 is 1.88 bits per heavy atom. The van der Waals surface area contributed by atoms with Crippen LogP contribution < -0.4 is 15.2 Å². The Kier molecular flexibility index (Phi) is 4.06. The molecule has 3 nitrogen and oxygen atoms in total. The van der Waals surface area contributed by atoms with Crippen molar-refractivity contribution < 1.29 is 18.3 Å². The summed E-state index contributed by atoms with van der Waals surface area (Å²) in [5.74, 6) is 0.648. The van der Waals surface area contributed by atoms with E-state index < -0.39 is 12.5 Å². The zero-order valence-electron chi connectivity index (χ0n) is 9.46. The molecule has 0 amide bonds. The van der Waals surface area contributed by atoms with Crippen molar-refractivity contribution in [2.24, 2.45) is 5.73 Å². The van der Waals surface area contributed by atoms with Gasteiger partial charge in [-0.1, -0.05) is 0 Å². The van der Waals surface area contributed by atoms with Gasteiger partial charge in [-0.25, -0.2) is 8.78 Å². The lowest BCUT2D eigenvalue weighted by Gasteiger charge is -2.19. The van der Waals surface area contributed by atoms with Gasteiger partial charge in [-0.05, 0) is 24.6 Å². The molecule has 1 atom stereocenters. The molecule has 1 rings (SSSR count). The molecule has 0 aliphatic rings. The maximum Gasteiger partial charge on any atom is 0.257 e. The molecule has 0 aliphatic heterocycles. The number of methoxy groups -OCH3 is 2. The van der Waals surface area contributed by atoms with Crippen molar-refractivity contribution in [1.82, 2.24) is 0 Å². The number of rotatable bonds is 4. The van der Waals surface area contributed by atoms with Crippen molar-refractivity contribution >= 4 is 0 Å². The van der Waals surface area contributed by atoms with Crippen molar-refractivity contribution in [2.75, 3.05) is 14.2 Å². The van der Waals surface area contributed by atoms with Crippen LogP contribution in [0.4, 0.5) is 8.78 Å². The smallest absolute Gasteiger partial charge is 0.257 e. The number of hydrogen-bond acceptors (Lipinski definition) is 3. The van der Waals surface area contributed by atoms with Crippen molar-refractivity contribution in [1.29, 1.82) is 0 Å². The lowest BCUT2D eigenvalue weighted by Crippen LogP contribution is -2.20. The maximum absolute atomic E-state index is 12.6. The van der Waals surface area contributed by atoms with Gasteiger partial charge in [-0.2, -0.15) is 0 Å². The number of ether oxygens (including phenoxy) is 2. The van der Waals surface area contributed by atoms with Gasteiger partial charge in [-0.15, -0.1) is 0 Å². The van der Waals surface area contributed by atoms with Crippen LogP contribution >= 0.6 is 0 Å². The zero-order valence-corrected chi connectivity index (χ0v) is 9.46. The molecule has 0 fully saturated rings. The average molecular weight is 231 g/mol. The molecular formula is C11H15F2NO2. The monoisotopic (exact) mass is 231 g/mol. The van der Waals surface area contributed by atoms with Gasteiger partial charge in [0, 0.05) is 0 Å². The van der Waals surface area contributed by atoms with E-state index in [1.807, 2.05) is 6.92 Å². The molecule has 0 heterocycles. The third-order valence-corrected chi connectivity index (χ3v) is 2.29. The predicted molar refractivity (Wildman–Crippen MR) is 57.2 cm³/mol. The van der Waals surface area contributed by atoms with Crippen LogP contribution in [0.5, 0.6) is 11.5 Å². The van der Waals surface area contributed by atoms with Crippen LogP contribution in [0.3, 0.4) is 0 Å². The first-order valence-corrected chi connectivity index (χ1v) is 4.77. The highest BCUT2D eigenvalue weighted by atomic mass is 19.3. The van der Waals surface area contributed by atoms with E-state index in [1.54, 1.807) is 12.1 Å². The molecular weight excluding hydrogens is 216 g/mol. The zero-order chi connectivity index (χ0) is 12.3. The molecule has 1 aromatic rings. The predicted octanol–water partition coefficient (Wildman–Crippen LogP) is 2.28. The average Bonchev–Trinajstić information content (AvgIpc) is 2.26. The molecule has 0 saturated heterocycles. The molecule has 5 heteroatoms. The second-order valence-electron chi connectivity index (χ2n) is 3.44. The SMILES string of the molecule is COc1cc(C)cc(OC)c1[C@H](N)C(F)F. The van der Waals surface area contributed by atoms with Crippen LogP contribution in [0.25, 0.3) is 0 Å². The fourth-order valence-electron chi connectivity index (χ4n) is 1.52. The molecule has 0 aliphatic carbocycles. The molecule has 16 heavy (non-hydrogen) atoms. The van der Waals surface area contributed by atoms with Gasteiger partial charge in [0.2, 0.25) is 0 Å². The van der Waals surface area contributed by atoms with Crippen LogP contribution in [-0.2, 0) is 0 Å². The highest BCUT2D eigenvalue weighted by molar-refractivity contribution is 5.49. The largest absolute Gasteiger partial charge is 0.496 e. The van der Waals surface area contributed by atoms with Crippen molar-refractivity contribution in [3.8, 4) is 11.5 Å². The molecule has 0 unspecified atom stereocenters. The first kappa shape index (κ1) is 12.7. The minimum atomic E-state index is -2.66. The summed E-state index contributed by atoms with van der Waals surface area (Å²) in [4.78, 5) is 0. The number of alkyl halides is 2. The Balaban J connectivity index is 3.32. The minimum Gasteiger partial charge on any atom is -0.496 e. The van der Waals surface area contributed by atoms with Gasteiger partial charge < -0.3 is 15.2 Å². The van der Waals surface area contributed by atoms with Gasteiger partial charge in [-0.3, -0.25) is 0 Å². The number of benzene rings is 1. The van der Waals surface area contributed by atoms with Crippen LogP contribution in [0.2, 0.25) is 0 Å². The highest BCUT2D eigenvalue weighted by Gasteiger charge is 2.25.